The van der Waals surface area contributed by atoms with Gasteiger partial charge in [0.15, 0.2) is 5.96 Å². The Kier molecular flexibility index (Phi) is 32.5. The van der Waals surface area contributed by atoms with E-state index in [1.807, 2.05) is 4.90 Å². The van der Waals surface area contributed by atoms with E-state index < -0.39 is 53.8 Å². The highest BCUT2D eigenvalue weighted by atomic mass is 16.5. The first-order valence-corrected chi connectivity index (χ1v) is 27.8. The molecule has 2 aromatic carbocycles. The topological polar surface area (TPSA) is 405 Å². The SMILES string of the molecule is CCC(=O)NCCNC(=O)NC(N)=NCCC[C@@H](NC(=O)C(C)c1cccc(OCCCCNC(=O)[C@H](N)CCCCNC(=O)CN2CCN(CC(=O)O)CCN(CC(=O)O)CCN(CC(=O)O)CC2)c1)C(=O)NCc1ccc(O)cc1. The molecule has 456 valence electrons. The lowest BCUT2D eigenvalue weighted by Gasteiger charge is -2.32. The molecule has 3 rings (SSSR count). The molecule has 1 saturated heterocycles. The monoisotopic (exact) mass is 1150 g/mol. The fraction of sp³-hybridized carbons (Fsp3) is 0.593. The summed E-state index contributed by atoms with van der Waals surface area (Å²) < 4.78 is 5.98. The van der Waals surface area contributed by atoms with Gasteiger partial charge >= 0.3 is 23.9 Å². The number of carbonyl (C=O) groups excluding carboxylic acids is 6. The van der Waals surface area contributed by atoms with Gasteiger partial charge in [0, 0.05) is 98.0 Å². The molecule has 0 aromatic heterocycles. The lowest BCUT2D eigenvalue weighted by atomic mass is 9.99. The number of phenolic OH excluding ortho intramolecular Hbond substituents is 1. The summed E-state index contributed by atoms with van der Waals surface area (Å²) in [6, 6.07) is 11.1. The highest BCUT2D eigenvalue weighted by Crippen LogP contribution is 2.22. The number of guanidine groups is 1. The fourth-order valence-corrected chi connectivity index (χ4v) is 8.37. The number of aliphatic imine (C=N–C) groups is 1. The van der Waals surface area contributed by atoms with Crippen molar-refractivity contribution in [2.45, 2.75) is 89.8 Å². The Morgan fingerprint density at radius 2 is 1.17 bits per heavy atom. The van der Waals surface area contributed by atoms with E-state index >= 15 is 0 Å². The number of nitrogens with zero attached hydrogens (tertiary/aromatic N) is 5. The van der Waals surface area contributed by atoms with Crippen LogP contribution in [-0.2, 0) is 44.9 Å². The van der Waals surface area contributed by atoms with E-state index in [4.69, 9.17) is 16.2 Å². The maximum absolute atomic E-state index is 13.7. The molecule has 28 nitrogen and oxygen atoms in total. The summed E-state index contributed by atoms with van der Waals surface area (Å²) in [7, 11) is 0. The molecule has 0 bridgehead atoms. The quantitative estimate of drug-likeness (QED) is 0.0217. The number of hydrogen-bond acceptors (Lipinski definition) is 17. The van der Waals surface area contributed by atoms with Gasteiger partial charge in [-0.15, -0.1) is 0 Å². The molecule has 1 heterocycles. The second-order valence-corrected chi connectivity index (χ2v) is 19.8. The lowest BCUT2D eigenvalue weighted by Crippen LogP contribution is -2.49. The van der Waals surface area contributed by atoms with Crippen LogP contribution >= 0.6 is 0 Å². The Bertz CT molecular complexity index is 2350. The van der Waals surface area contributed by atoms with Gasteiger partial charge in [0.05, 0.1) is 44.7 Å². The number of unbranched alkanes of at least 4 members (excludes halogenated alkanes) is 2. The lowest BCUT2D eigenvalue weighted by molar-refractivity contribution is -0.140. The van der Waals surface area contributed by atoms with Crippen LogP contribution < -0.4 is 53.4 Å². The van der Waals surface area contributed by atoms with Crippen molar-refractivity contribution in [2.75, 3.05) is 118 Å². The number of aromatic hydroxyl groups is 1. The van der Waals surface area contributed by atoms with E-state index in [0.29, 0.717) is 102 Å². The summed E-state index contributed by atoms with van der Waals surface area (Å²) in [6.45, 7) is 6.63. The molecule has 3 atom stereocenters. The molecule has 0 spiro atoms. The number of nitrogens with one attached hydrogen (secondary N) is 7. The van der Waals surface area contributed by atoms with E-state index in [9.17, 15) is 63.6 Å². The molecule has 0 saturated carbocycles. The first-order chi connectivity index (χ1) is 39.2. The van der Waals surface area contributed by atoms with Gasteiger partial charge in [0.1, 0.15) is 17.5 Å². The Balaban J connectivity index is 1.40. The smallest absolute Gasteiger partial charge is 0.321 e. The molecule has 28 heteroatoms. The van der Waals surface area contributed by atoms with Gasteiger partial charge in [0.25, 0.3) is 0 Å². The van der Waals surface area contributed by atoms with Gasteiger partial charge in [-0.05, 0) is 87.3 Å². The Labute approximate surface area is 478 Å². The average molecular weight is 1160 g/mol. The molecule has 0 aliphatic carbocycles. The summed E-state index contributed by atoms with van der Waals surface area (Å²) in [5, 5.41) is 57.0. The van der Waals surface area contributed by atoms with Gasteiger partial charge in [-0.2, -0.15) is 0 Å². The molecule has 1 unspecified atom stereocenters. The summed E-state index contributed by atoms with van der Waals surface area (Å²) in [5.41, 5.74) is 13.4. The molecule has 1 aliphatic heterocycles. The number of carboxylic acids is 3. The highest BCUT2D eigenvalue weighted by Gasteiger charge is 2.26. The first-order valence-electron chi connectivity index (χ1n) is 27.8. The van der Waals surface area contributed by atoms with Gasteiger partial charge in [-0.3, -0.25) is 68.3 Å². The maximum atomic E-state index is 13.7. The Morgan fingerprint density at radius 3 is 1.76 bits per heavy atom. The third-order valence-electron chi connectivity index (χ3n) is 13.1. The Hall–Kier alpha value is -7.66. The van der Waals surface area contributed by atoms with Crippen LogP contribution in [-0.4, -0.2) is 229 Å². The van der Waals surface area contributed by atoms with Crippen molar-refractivity contribution in [3.05, 3.63) is 59.7 Å². The maximum Gasteiger partial charge on any atom is 0.321 e. The molecular weight excluding hydrogens is 1070 g/mol. The van der Waals surface area contributed by atoms with E-state index in [0.717, 1.165) is 5.56 Å². The number of carboxylic acid groups (broad SMARTS) is 3. The van der Waals surface area contributed by atoms with E-state index in [2.05, 4.69) is 42.2 Å². The fourth-order valence-electron chi connectivity index (χ4n) is 8.37. The zero-order valence-corrected chi connectivity index (χ0v) is 47.2. The number of carbonyl (C=O) groups is 9. The number of amides is 7. The van der Waals surface area contributed by atoms with Crippen molar-refractivity contribution in [1.29, 1.82) is 0 Å². The standard InChI is InChI=1S/C54H86N14O14/c1-3-45(70)58-21-22-61-54(81)64-53(56)60-20-9-13-44(52(80)62-33-39-14-16-41(69)17-15-39)63-50(78)38(2)40-10-8-11-42(32-40)82-31-7-6-19-59-51(79)43(55)12-4-5-18-57-46(71)34-65-23-25-66(35-47(72)73)27-29-68(37-49(76)77)30-28-67(26-24-65)36-48(74)75/h8,10-11,14-17,32,38,43-44,69H,3-7,9,12-13,18-31,33-37,55H2,1-2H3,(H,57,71)(H,58,70)(H,59,79)(H,62,80)(H,63,78)(H,72,73)(H,74,75)(H,76,77)(H4,56,60,61,64,81)/t38?,43-,44-/m1/s1. The van der Waals surface area contributed by atoms with Crippen molar-refractivity contribution in [3.63, 3.8) is 0 Å². The molecule has 1 fully saturated rings. The summed E-state index contributed by atoms with van der Waals surface area (Å²) >= 11 is 0. The normalized spacial score (nSPS) is 15.2. The zero-order valence-electron chi connectivity index (χ0n) is 47.2. The molecule has 15 N–H and O–H groups in total. The van der Waals surface area contributed by atoms with Crippen LogP contribution in [0.5, 0.6) is 11.5 Å². The molecule has 1 aliphatic rings. The second-order valence-electron chi connectivity index (χ2n) is 19.8. The van der Waals surface area contributed by atoms with Crippen molar-refractivity contribution in [2.24, 2.45) is 16.5 Å². The van der Waals surface area contributed by atoms with Gasteiger partial charge in [-0.1, -0.05) is 31.2 Å². The third kappa shape index (κ3) is 30.2. The number of phenols is 1. The summed E-state index contributed by atoms with van der Waals surface area (Å²) in [4.78, 5) is 122. The predicted molar refractivity (Wildman–Crippen MR) is 304 cm³/mol. The second kappa shape index (κ2) is 38.9. The number of ether oxygens (including phenoxy) is 1. The molecule has 0 radical (unpaired) electrons. The average Bonchev–Trinajstić information content (AvgIpc) is 3.46. The number of hydrogen-bond donors (Lipinski definition) is 13. The first kappa shape index (κ1) is 68.6. The van der Waals surface area contributed by atoms with Crippen LogP contribution in [0.15, 0.2) is 53.5 Å². The van der Waals surface area contributed by atoms with E-state index in [1.54, 1.807) is 64.9 Å². The number of aliphatic carboxylic acids is 3. The van der Waals surface area contributed by atoms with Gasteiger partial charge in [0.2, 0.25) is 29.5 Å². The van der Waals surface area contributed by atoms with Crippen LogP contribution in [0.1, 0.15) is 82.3 Å². The summed E-state index contributed by atoms with van der Waals surface area (Å²) in [6.07, 6.45) is 3.53. The largest absolute Gasteiger partial charge is 0.508 e. The van der Waals surface area contributed by atoms with Crippen LogP contribution in [0.2, 0.25) is 0 Å². The van der Waals surface area contributed by atoms with Gasteiger partial charge in [-0.25, -0.2) is 4.79 Å². The van der Waals surface area contributed by atoms with Crippen molar-refractivity contribution >= 4 is 59.4 Å². The number of nitrogens with two attached hydrogens (primary N) is 2. The third-order valence-corrected chi connectivity index (χ3v) is 13.1. The molecule has 7 amide bonds. The number of benzene rings is 2. The minimum atomic E-state index is -1.04. The molecular formula is C54H86N14O14. The highest BCUT2D eigenvalue weighted by molar-refractivity contribution is 5.95. The minimum absolute atomic E-state index is 0.00764. The zero-order chi connectivity index (χ0) is 60.2. The van der Waals surface area contributed by atoms with Crippen LogP contribution in [0.4, 0.5) is 4.79 Å². The van der Waals surface area contributed by atoms with Crippen molar-refractivity contribution in [3.8, 4) is 11.5 Å². The number of rotatable bonds is 34. The number of urea groups is 1. The van der Waals surface area contributed by atoms with Crippen LogP contribution in [0.3, 0.4) is 0 Å². The van der Waals surface area contributed by atoms with Crippen molar-refractivity contribution < 1.29 is 68.3 Å². The predicted octanol–water partition coefficient (Wildman–Crippen LogP) is -1.42. The Morgan fingerprint density at radius 1 is 0.622 bits per heavy atom. The van der Waals surface area contributed by atoms with E-state index in [1.165, 1.54) is 12.1 Å². The molecule has 82 heavy (non-hydrogen) atoms. The van der Waals surface area contributed by atoms with Gasteiger partial charge < -0.3 is 68.5 Å². The van der Waals surface area contributed by atoms with E-state index in [-0.39, 0.29) is 114 Å². The van der Waals surface area contributed by atoms with Crippen molar-refractivity contribution in [1.82, 2.24) is 56.8 Å². The minimum Gasteiger partial charge on any atom is -0.508 e. The van der Waals surface area contributed by atoms with Crippen LogP contribution in [0, 0.1) is 0 Å². The van der Waals surface area contributed by atoms with Crippen LogP contribution in [0.25, 0.3) is 0 Å². The summed E-state index contributed by atoms with van der Waals surface area (Å²) in [5.74, 6) is -4.92. The molecule has 2 aromatic rings.